The predicted octanol–water partition coefficient (Wildman–Crippen LogP) is 5.38. The van der Waals surface area contributed by atoms with Gasteiger partial charge in [-0.3, -0.25) is 4.79 Å². The first kappa shape index (κ1) is 23.3. The Morgan fingerprint density at radius 3 is 1.97 bits per heavy atom. The van der Waals surface area contributed by atoms with Crippen molar-refractivity contribution in [1.29, 1.82) is 0 Å². The van der Waals surface area contributed by atoms with Crippen LogP contribution >= 0.6 is 0 Å². The Labute approximate surface area is 210 Å². The molecule has 4 aromatic carbocycles. The zero-order valence-electron chi connectivity index (χ0n) is 20.0. The largest absolute Gasteiger partial charge is 0.372 e. The Kier molecular flexibility index (Phi) is 6.48. The molecule has 5 aromatic rings. The molecule has 2 N–H and O–H groups in total. The van der Waals surface area contributed by atoms with Gasteiger partial charge >= 0.3 is 0 Å². The van der Waals surface area contributed by atoms with Gasteiger partial charge in [0.15, 0.2) is 5.60 Å². The number of hydrazone groups is 1. The summed E-state index contributed by atoms with van der Waals surface area (Å²) in [5.41, 5.74) is 5.91. The molecule has 0 bridgehead atoms. The standard InChI is InChI=1S/C31H27N3O2/c1-23-28(27-19-11-12-20-29(27)34(23)22-24-13-5-2-6-14-24)21-32-33-30(35)31(36,25-15-7-3-8-16-25)26-17-9-4-10-18-26/h2-21,36H,22H2,1H3,(H,33,35). The van der Waals surface area contributed by atoms with Crippen LogP contribution in [0.25, 0.3) is 10.9 Å². The number of benzene rings is 4. The molecule has 1 aromatic heterocycles. The quantitative estimate of drug-likeness (QED) is 0.246. The highest BCUT2D eigenvalue weighted by molar-refractivity contribution is 6.01. The van der Waals surface area contributed by atoms with Gasteiger partial charge in [0.05, 0.1) is 6.21 Å². The molecule has 36 heavy (non-hydrogen) atoms. The lowest BCUT2D eigenvalue weighted by Gasteiger charge is -2.27. The molecule has 0 aliphatic rings. The Bertz CT molecular complexity index is 1470. The van der Waals surface area contributed by atoms with E-state index in [9.17, 15) is 9.90 Å². The van der Waals surface area contributed by atoms with Crippen molar-refractivity contribution in [2.24, 2.45) is 5.10 Å². The maximum Gasteiger partial charge on any atom is 0.281 e. The highest BCUT2D eigenvalue weighted by atomic mass is 16.3. The minimum atomic E-state index is -1.88. The van der Waals surface area contributed by atoms with Crippen molar-refractivity contribution in [3.8, 4) is 0 Å². The van der Waals surface area contributed by atoms with Gasteiger partial charge in [-0.1, -0.05) is 109 Å². The number of aliphatic hydroxyl groups is 1. The smallest absolute Gasteiger partial charge is 0.281 e. The molecule has 0 aliphatic carbocycles. The van der Waals surface area contributed by atoms with Crippen molar-refractivity contribution in [2.45, 2.75) is 19.1 Å². The molecule has 0 unspecified atom stereocenters. The molecule has 0 atom stereocenters. The van der Waals surface area contributed by atoms with Crippen LogP contribution in [-0.2, 0) is 16.9 Å². The van der Waals surface area contributed by atoms with Crippen LogP contribution in [0.5, 0.6) is 0 Å². The highest BCUT2D eigenvalue weighted by Crippen LogP contribution is 2.30. The molecule has 0 aliphatic heterocycles. The number of nitrogens with one attached hydrogen (secondary N) is 1. The van der Waals surface area contributed by atoms with Crippen molar-refractivity contribution in [3.05, 3.63) is 143 Å². The van der Waals surface area contributed by atoms with E-state index in [0.717, 1.165) is 28.7 Å². The van der Waals surface area contributed by atoms with E-state index in [1.807, 2.05) is 42.5 Å². The molecule has 0 spiro atoms. The third-order valence-electron chi connectivity index (χ3n) is 6.53. The van der Waals surface area contributed by atoms with Crippen molar-refractivity contribution in [2.75, 3.05) is 0 Å². The van der Waals surface area contributed by atoms with Crippen LogP contribution < -0.4 is 5.43 Å². The minimum Gasteiger partial charge on any atom is -0.372 e. The van der Waals surface area contributed by atoms with E-state index in [2.05, 4.69) is 46.3 Å². The molecule has 0 saturated carbocycles. The monoisotopic (exact) mass is 473 g/mol. The average Bonchev–Trinajstić information content (AvgIpc) is 3.20. The Hall–Kier alpha value is -4.48. The Morgan fingerprint density at radius 1 is 0.833 bits per heavy atom. The molecular weight excluding hydrogens is 446 g/mol. The van der Waals surface area contributed by atoms with E-state index < -0.39 is 11.5 Å². The van der Waals surface area contributed by atoms with Gasteiger partial charge in [0.2, 0.25) is 0 Å². The number of carbonyl (C=O) groups is 1. The van der Waals surface area contributed by atoms with Crippen LogP contribution in [0.15, 0.2) is 120 Å². The zero-order chi connectivity index (χ0) is 25.0. The fourth-order valence-electron chi connectivity index (χ4n) is 4.61. The van der Waals surface area contributed by atoms with Gasteiger partial charge in [0.25, 0.3) is 5.91 Å². The van der Waals surface area contributed by atoms with E-state index in [1.165, 1.54) is 5.56 Å². The van der Waals surface area contributed by atoms with E-state index in [-0.39, 0.29) is 0 Å². The van der Waals surface area contributed by atoms with Crippen LogP contribution in [0.2, 0.25) is 0 Å². The van der Waals surface area contributed by atoms with E-state index in [1.54, 1.807) is 54.7 Å². The molecule has 1 heterocycles. The average molecular weight is 474 g/mol. The lowest BCUT2D eigenvalue weighted by Crippen LogP contribution is -2.43. The van der Waals surface area contributed by atoms with Crippen molar-refractivity contribution >= 4 is 23.0 Å². The summed E-state index contributed by atoms with van der Waals surface area (Å²) in [5.74, 6) is -0.623. The molecule has 5 heteroatoms. The Balaban J connectivity index is 1.47. The van der Waals surface area contributed by atoms with Crippen LogP contribution in [0.1, 0.15) is 27.9 Å². The summed E-state index contributed by atoms with van der Waals surface area (Å²) in [7, 11) is 0. The van der Waals surface area contributed by atoms with Gasteiger partial charge in [0.1, 0.15) is 0 Å². The van der Waals surface area contributed by atoms with Gasteiger partial charge in [-0.25, -0.2) is 5.43 Å². The lowest BCUT2D eigenvalue weighted by molar-refractivity contribution is -0.136. The fraction of sp³-hybridized carbons (Fsp3) is 0.0968. The molecule has 0 fully saturated rings. The van der Waals surface area contributed by atoms with Gasteiger partial charge in [-0.2, -0.15) is 5.10 Å². The number of fused-ring (bicyclic) bond motifs is 1. The van der Waals surface area contributed by atoms with Crippen molar-refractivity contribution in [3.63, 3.8) is 0 Å². The van der Waals surface area contributed by atoms with Crippen LogP contribution in [0.3, 0.4) is 0 Å². The second kappa shape index (κ2) is 10.0. The first-order valence-corrected chi connectivity index (χ1v) is 11.9. The van der Waals surface area contributed by atoms with Crippen molar-refractivity contribution < 1.29 is 9.90 Å². The molecule has 5 rings (SSSR count). The first-order chi connectivity index (χ1) is 17.6. The van der Waals surface area contributed by atoms with E-state index >= 15 is 0 Å². The molecule has 178 valence electrons. The van der Waals surface area contributed by atoms with E-state index in [0.29, 0.717) is 11.1 Å². The number of amides is 1. The molecule has 5 nitrogen and oxygen atoms in total. The van der Waals surface area contributed by atoms with Gasteiger partial charge in [-0.15, -0.1) is 0 Å². The maximum atomic E-state index is 13.4. The fourth-order valence-corrected chi connectivity index (χ4v) is 4.61. The number of aromatic nitrogens is 1. The van der Waals surface area contributed by atoms with Gasteiger partial charge in [0, 0.05) is 28.7 Å². The lowest BCUT2D eigenvalue weighted by atomic mass is 9.85. The summed E-state index contributed by atoms with van der Waals surface area (Å²) in [5, 5.41) is 17.0. The number of carbonyl (C=O) groups excluding carboxylic acids is 1. The summed E-state index contributed by atoms with van der Waals surface area (Å²) in [6, 6.07) is 36.3. The predicted molar refractivity (Wildman–Crippen MR) is 144 cm³/mol. The summed E-state index contributed by atoms with van der Waals surface area (Å²) < 4.78 is 2.25. The second-order valence-corrected chi connectivity index (χ2v) is 8.73. The van der Waals surface area contributed by atoms with Crippen molar-refractivity contribution in [1.82, 2.24) is 9.99 Å². The molecule has 1 amide bonds. The molecular formula is C31H27N3O2. The topological polar surface area (TPSA) is 66.6 Å². The Morgan fingerprint density at radius 2 is 1.36 bits per heavy atom. The van der Waals surface area contributed by atoms with Gasteiger partial charge < -0.3 is 9.67 Å². The summed E-state index contributed by atoms with van der Waals surface area (Å²) in [6.07, 6.45) is 1.66. The zero-order valence-corrected chi connectivity index (χ0v) is 20.0. The number of hydrogen-bond acceptors (Lipinski definition) is 3. The number of nitrogens with zero attached hydrogens (tertiary/aromatic N) is 2. The SMILES string of the molecule is Cc1c(C=NNC(=O)C(O)(c2ccccc2)c2ccccc2)c2ccccc2n1Cc1ccccc1. The normalized spacial score (nSPS) is 11.7. The van der Waals surface area contributed by atoms with Crippen LogP contribution in [0.4, 0.5) is 0 Å². The summed E-state index contributed by atoms with van der Waals surface area (Å²) in [4.78, 5) is 13.4. The molecule has 0 saturated heterocycles. The third-order valence-corrected chi connectivity index (χ3v) is 6.53. The third kappa shape index (κ3) is 4.32. The summed E-state index contributed by atoms with van der Waals surface area (Å²) in [6.45, 7) is 2.78. The number of para-hydroxylation sites is 1. The van der Waals surface area contributed by atoms with E-state index in [4.69, 9.17) is 0 Å². The van der Waals surface area contributed by atoms with Gasteiger partial charge in [-0.05, 0) is 29.7 Å². The molecule has 0 radical (unpaired) electrons. The second-order valence-electron chi connectivity index (χ2n) is 8.73. The van der Waals surface area contributed by atoms with Crippen LogP contribution in [0, 0.1) is 6.92 Å². The number of rotatable bonds is 7. The first-order valence-electron chi connectivity index (χ1n) is 11.9. The summed E-state index contributed by atoms with van der Waals surface area (Å²) >= 11 is 0. The highest BCUT2D eigenvalue weighted by Gasteiger charge is 2.39. The number of hydrogen-bond donors (Lipinski definition) is 2. The minimum absolute atomic E-state index is 0.472. The van der Waals surface area contributed by atoms with Crippen LogP contribution in [-0.4, -0.2) is 21.8 Å². The maximum absolute atomic E-state index is 13.4.